The molecular formula is C9H12F4O2. The highest BCUT2D eigenvalue weighted by Crippen LogP contribution is 2.61. The van der Waals surface area contributed by atoms with E-state index in [-0.39, 0.29) is 0 Å². The van der Waals surface area contributed by atoms with Gasteiger partial charge in [0.2, 0.25) is 0 Å². The molecule has 6 heteroatoms. The van der Waals surface area contributed by atoms with Gasteiger partial charge in [0.05, 0.1) is 0 Å². The van der Waals surface area contributed by atoms with Gasteiger partial charge in [-0.05, 0) is 0 Å². The summed E-state index contributed by atoms with van der Waals surface area (Å²) in [6, 6.07) is 0. The molecule has 0 aliphatic heterocycles. The van der Waals surface area contributed by atoms with Crippen LogP contribution in [0.15, 0.2) is 0 Å². The average Bonchev–Trinajstić information content (AvgIpc) is 1.97. The lowest BCUT2D eigenvalue weighted by Gasteiger charge is -2.49. The number of aliphatic carboxylic acids is 1. The molecule has 1 aliphatic rings. The van der Waals surface area contributed by atoms with Gasteiger partial charge in [-0.1, -0.05) is 13.8 Å². The van der Waals surface area contributed by atoms with Gasteiger partial charge in [0.15, 0.2) is 0 Å². The maximum Gasteiger partial charge on any atom is 0.316 e. The van der Waals surface area contributed by atoms with Crippen molar-refractivity contribution >= 4 is 5.97 Å². The molecule has 1 rings (SSSR count). The fraction of sp³-hybridized carbons (Fsp3) is 0.889. The maximum absolute atomic E-state index is 13.5. The van der Waals surface area contributed by atoms with Crippen molar-refractivity contribution in [2.45, 2.75) is 38.5 Å². The molecule has 1 fully saturated rings. The Labute approximate surface area is 84.3 Å². The average molecular weight is 228 g/mol. The number of halogens is 4. The van der Waals surface area contributed by atoms with Crippen molar-refractivity contribution in [3.05, 3.63) is 0 Å². The van der Waals surface area contributed by atoms with Crippen LogP contribution in [0.1, 0.15) is 26.7 Å². The lowest BCUT2D eigenvalue weighted by molar-refractivity contribution is -0.269. The van der Waals surface area contributed by atoms with Gasteiger partial charge < -0.3 is 5.11 Å². The predicted molar refractivity (Wildman–Crippen MR) is 44.0 cm³/mol. The molecule has 0 atom stereocenters. The zero-order valence-corrected chi connectivity index (χ0v) is 8.36. The first kappa shape index (κ1) is 12.3. The lowest BCUT2D eigenvalue weighted by atomic mass is 9.60. The van der Waals surface area contributed by atoms with Crippen LogP contribution in [0.2, 0.25) is 0 Å². The SMILES string of the molecule is CC(C)C(F)(F)C1(C(=O)O)CC(F)(F)C1. The zero-order chi connectivity index (χ0) is 12.1. The van der Waals surface area contributed by atoms with Gasteiger partial charge in [0.25, 0.3) is 11.8 Å². The Hall–Kier alpha value is -0.810. The number of carboxylic acid groups (broad SMARTS) is 1. The Balaban J connectivity index is 3.02. The fourth-order valence-electron chi connectivity index (χ4n) is 1.91. The molecule has 1 aliphatic carbocycles. The van der Waals surface area contributed by atoms with Crippen molar-refractivity contribution in [2.75, 3.05) is 0 Å². The van der Waals surface area contributed by atoms with E-state index in [0.29, 0.717) is 0 Å². The second kappa shape index (κ2) is 3.09. The number of hydrogen-bond donors (Lipinski definition) is 1. The van der Waals surface area contributed by atoms with Gasteiger partial charge in [0, 0.05) is 18.8 Å². The zero-order valence-electron chi connectivity index (χ0n) is 8.36. The second-order valence-corrected chi connectivity index (χ2v) is 4.37. The molecule has 0 spiro atoms. The van der Waals surface area contributed by atoms with Crippen molar-refractivity contribution in [1.82, 2.24) is 0 Å². The van der Waals surface area contributed by atoms with Gasteiger partial charge in [-0.2, -0.15) is 0 Å². The van der Waals surface area contributed by atoms with E-state index in [1.165, 1.54) is 0 Å². The van der Waals surface area contributed by atoms with Crippen LogP contribution in [0.25, 0.3) is 0 Å². The predicted octanol–water partition coefficient (Wildman–Crippen LogP) is 2.78. The van der Waals surface area contributed by atoms with Crippen molar-refractivity contribution in [3.8, 4) is 0 Å². The van der Waals surface area contributed by atoms with Crippen LogP contribution in [-0.2, 0) is 4.79 Å². The molecule has 0 aromatic heterocycles. The molecule has 15 heavy (non-hydrogen) atoms. The van der Waals surface area contributed by atoms with Crippen LogP contribution < -0.4 is 0 Å². The van der Waals surface area contributed by atoms with Crippen molar-refractivity contribution < 1.29 is 27.5 Å². The molecular weight excluding hydrogens is 216 g/mol. The minimum atomic E-state index is -3.61. The first-order valence-electron chi connectivity index (χ1n) is 4.54. The quantitative estimate of drug-likeness (QED) is 0.754. The smallest absolute Gasteiger partial charge is 0.316 e. The van der Waals surface area contributed by atoms with Crippen LogP contribution in [-0.4, -0.2) is 22.9 Å². The molecule has 0 aromatic carbocycles. The highest BCUT2D eigenvalue weighted by atomic mass is 19.3. The number of rotatable bonds is 3. The molecule has 0 heterocycles. The Bertz CT molecular complexity index is 278. The monoisotopic (exact) mass is 228 g/mol. The van der Waals surface area contributed by atoms with E-state index in [9.17, 15) is 22.4 Å². The molecule has 0 saturated heterocycles. The van der Waals surface area contributed by atoms with E-state index in [1.54, 1.807) is 0 Å². The summed E-state index contributed by atoms with van der Waals surface area (Å²) < 4.78 is 52.2. The fourth-order valence-corrected chi connectivity index (χ4v) is 1.91. The van der Waals surface area contributed by atoms with Crippen LogP contribution >= 0.6 is 0 Å². The van der Waals surface area contributed by atoms with Crippen molar-refractivity contribution in [3.63, 3.8) is 0 Å². The molecule has 1 N–H and O–H groups in total. The highest BCUT2D eigenvalue weighted by molar-refractivity contribution is 5.78. The first-order valence-corrected chi connectivity index (χ1v) is 4.54. The summed E-state index contributed by atoms with van der Waals surface area (Å²) in [5.74, 6) is -10.0. The van der Waals surface area contributed by atoms with E-state index < -0.39 is 42.0 Å². The van der Waals surface area contributed by atoms with Crippen molar-refractivity contribution in [1.29, 1.82) is 0 Å². The Morgan fingerprint density at radius 1 is 1.33 bits per heavy atom. The van der Waals surface area contributed by atoms with Crippen LogP contribution in [0.5, 0.6) is 0 Å². The molecule has 2 nitrogen and oxygen atoms in total. The topological polar surface area (TPSA) is 37.3 Å². The first-order chi connectivity index (χ1) is 6.55. The molecule has 0 radical (unpaired) electrons. The summed E-state index contributed by atoms with van der Waals surface area (Å²) in [7, 11) is 0. The molecule has 0 aromatic rings. The molecule has 0 amide bonds. The lowest BCUT2D eigenvalue weighted by Crippen LogP contribution is -2.62. The van der Waals surface area contributed by atoms with E-state index in [4.69, 9.17) is 5.11 Å². The largest absolute Gasteiger partial charge is 0.481 e. The summed E-state index contributed by atoms with van der Waals surface area (Å²) in [5, 5.41) is 8.69. The van der Waals surface area contributed by atoms with Gasteiger partial charge in [-0.25, -0.2) is 17.6 Å². The normalized spacial score (nSPS) is 23.7. The van der Waals surface area contributed by atoms with Crippen LogP contribution in [0, 0.1) is 11.3 Å². The minimum Gasteiger partial charge on any atom is -0.481 e. The third-order valence-corrected chi connectivity index (χ3v) is 2.89. The summed E-state index contributed by atoms with van der Waals surface area (Å²) in [6.45, 7) is 2.25. The Morgan fingerprint density at radius 2 is 1.73 bits per heavy atom. The summed E-state index contributed by atoms with van der Waals surface area (Å²) in [4.78, 5) is 10.7. The Morgan fingerprint density at radius 3 is 1.93 bits per heavy atom. The van der Waals surface area contributed by atoms with Gasteiger partial charge in [-0.15, -0.1) is 0 Å². The summed E-state index contributed by atoms with van der Waals surface area (Å²) in [5.41, 5.74) is -2.59. The molecule has 1 saturated carbocycles. The number of carbonyl (C=O) groups is 1. The van der Waals surface area contributed by atoms with Crippen LogP contribution in [0.4, 0.5) is 17.6 Å². The number of hydrogen-bond acceptors (Lipinski definition) is 1. The van der Waals surface area contributed by atoms with Crippen LogP contribution in [0.3, 0.4) is 0 Å². The Kier molecular flexibility index (Phi) is 2.52. The van der Waals surface area contributed by atoms with Crippen molar-refractivity contribution in [2.24, 2.45) is 11.3 Å². The number of alkyl halides is 4. The highest BCUT2D eigenvalue weighted by Gasteiger charge is 2.73. The second-order valence-electron chi connectivity index (χ2n) is 4.37. The van der Waals surface area contributed by atoms with E-state index in [1.807, 2.05) is 0 Å². The van der Waals surface area contributed by atoms with E-state index >= 15 is 0 Å². The molecule has 0 bridgehead atoms. The van der Waals surface area contributed by atoms with E-state index in [2.05, 4.69) is 0 Å². The third-order valence-electron chi connectivity index (χ3n) is 2.89. The minimum absolute atomic E-state index is 1.13. The third kappa shape index (κ3) is 1.59. The van der Waals surface area contributed by atoms with E-state index in [0.717, 1.165) is 13.8 Å². The molecule has 88 valence electrons. The van der Waals surface area contributed by atoms with Gasteiger partial charge in [-0.3, -0.25) is 4.79 Å². The maximum atomic E-state index is 13.5. The summed E-state index contributed by atoms with van der Waals surface area (Å²) >= 11 is 0. The standard InChI is InChI=1S/C9H12F4O2/c1-5(2)9(12,13)7(6(14)15)3-8(10,11)4-7/h5H,3-4H2,1-2H3,(H,14,15). The van der Waals surface area contributed by atoms with Gasteiger partial charge in [0.1, 0.15) is 5.41 Å². The summed E-state index contributed by atoms with van der Waals surface area (Å²) in [6.07, 6.45) is -2.55. The molecule has 0 unspecified atom stereocenters. The number of carboxylic acids is 1. The van der Waals surface area contributed by atoms with Gasteiger partial charge >= 0.3 is 5.97 Å².